The third-order valence-electron chi connectivity index (χ3n) is 5.82. The highest BCUT2D eigenvalue weighted by atomic mass is 16.5. The summed E-state index contributed by atoms with van der Waals surface area (Å²) in [5.74, 6) is 2.30. The van der Waals surface area contributed by atoms with Crippen molar-refractivity contribution in [1.29, 1.82) is 0 Å². The van der Waals surface area contributed by atoms with E-state index in [0.29, 0.717) is 30.9 Å². The Balaban J connectivity index is 1.46. The average molecular weight is 459 g/mol. The van der Waals surface area contributed by atoms with Crippen LogP contribution >= 0.6 is 0 Å². The van der Waals surface area contributed by atoms with E-state index in [1.165, 1.54) is 0 Å². The van der Waals surface area contributed by atoms with Crippen molar-refractivity contribution in [2.75, 3.05) is 6.61 Å². The molecule has 0 saturated carbocycles. The van der Waals surface area contributed by atoms with Crippen LogP contribution in [0.5, 0.6) is 11.5 Å². The number of ether oxygens (including phenoxy) is 2. The number of para-hydroxylation sites is 3. The van der Waals surface area contributed by atoms with Crippen LogP contribution in [0, 0.1) is 13.8 Å². The number of carbonyl (C=O) groups excluding carboxylic acids is 1. The number of ketones is 1. The van der Waals surface area contributed by atoms with E-state index in [0.717, 1.165) is 33.7 Å². The van der Waals surface area contributed by atoms with E-state index in [1.807, 2.05) is 67.8 Å². The number of imidazole rings is 1. The molecular formula is C28H30N2O4. The molecule has 0 spiro atoms. The fraction of sp³-hybridized carbons (Fsp3) is 0.286. The normalized spacial score (nSPS) is 12.0. The van der Waals surface area contributed by atoms with Crippen molar-refractivity contribution >= 4 is 16.8 Å². The van der Waals surface area contributed by atoms with Gasteiger partial charge in [-0.1, -0.05) is 37.3 Å². The van der Waals surface area contributed by atoms with E-state index in [-0.39, 0.29) is 12.4 Å². The Kier molecular flexibility index (Phi) is 7.28. The second-order valence-electron chi connectivity index (χ2n) is 8.40. The third kappa shape index (κ3) is 5.29. The summed E-state index contributed by atoms with van der Waals surface area (Å²) in [5.41, 5.74) is 4.59. The van der Waals surface area contributed by atoms with Crippen molar-refractivity contribution in [2.45, 2.75) is 46.4 Å². The average Bonchev–Trinajstić information content (AvgIpc) is 3.19. The van der Waals surface area contributed by atoms with Crippen LogP contribution in [0.1, 0.15) is 40.7 Å². The van der Waals surface area contributed by atoms with Gasteiger partial charge in [-0.15, -0.1) is 0 Å². The number of rotatable bonds is 10. The first-order valence-corrected chi connectivity index (χ1v) is 11.5. The number of benzene rings is 3. The number of Topliss-reactive ketones (excluding diaryl/α,β-unsaturated/α-hetero) is 1. The first-order chi connectivity index (χ1) is 16.5. The van der Waals surface area contributed by atoms with Crippen LogP contribution in [0.2, 0.25) is 0 Å². The molecule has 1 heterocycles. The van der Waals surface area contributed by atoms with Crippen LogP contribution in [0.3, 0.4) is 0 Å². The molecule has 4 rings (SSSR count). The molecule has 6 nitrogen and oxygen atoms in total. The molecular weight excluding hydrogens is 428 g/mol. The zero-order valence-electron chi connectivity index (χ0n) is 19.8. The van der Waals surface area contributed by atoms with Crippen molar-refractivity contribution in [3.05, 3.63) is 89.2 Å². The number of aryl methyl sites for hydroxylation is 2. The molecule has 34 heavy (non-hydrogen) atoms. The minimum absolute atomic E-state index is 0.0919. The third-order valence-corrected chi connectivity index (χ3v) is 5.82. The second-order valence-corrected chi connectivity index (χ2v) is 8.40. The monoisotopic (exact) mass is 458 g/mol. The number of carbonyl (C=O) groups is 1. The van der Waals surface area contributed by atoms with Crippen molar-refractivity contribution in [3.63, 3.8) is 0 Å². The summed E-state index contributed by atoms with van der Waals surface area (Å²) in [6.07, 6.45) is -0.291. The molecule has 0 bridgehead atoms. The molecule has 1 atom stereocenters. The summed E-state index contributed by atoms with van der Waals surface area (Å²) in [6, 6.07) is 20.9. The first-order valence-electron chi connectivity index (χ1n) is 11.5. The van der Waals surface area contributed by atoms with Gasteiger partial charge in [0, 0.05) is 12.0 Å². The maximum Gasteiger partial charge on any atom is 0.162 e. The largest absolute Gasteiger partial charge is 0.491 e. The quantitative estimate of drug-likeness (QED) is 0.328. The SMILES string of the molecule is CCC(=O)c1ccc(OCC(O)Cn2c(COc3c(C)cccc3C)nc3ccccc32)cc1. The van der Waals surface area contributed by atoms with Gasteiger partial charge in [0.2, 0.25) is 0 Å². The van der Waals surface area contributed by atoms with E-state index < -0.39 is 6.10 Å². The Labute approximate surface area is 199 Å². The summed E-state index contributed by atoms with van der Waals surface area (Å²) in [6.45, 7) is 6.61. The number of aromatic nitrogens is 2. The van der Waals surface area contributed by atoms with Crippen molar-refractivity contribution < 1.29 is 19.4 Å². The predicted octanol–water partition coefficient (Wildman–Crippen LogP) is 5.26. The second kappa shape index (κ2) is 10.5. The van der Waals surface area contributed by atoms with Crippen LogP contribution in [-0.4, -0.2) is 33.2 Å². The Hall–Kier alpha value is -3.64. The summed E-state index contributed by atoms with van der Waals surface area (Å²) in [4.78, 5) is 16.5. The minimum atomic E-state index is -0.756. The highest BCUT2D eigenvalue weighted by molar-refractivity contribution is 5.95. The zero-order chi connectivity index (χ0) is 24.1. The Morgan fingerprint density at radius 3 is 2.38 bits per heavy atom. The molecule has 0 saturated heterocycles. The van der Waals surface area contributed by atoms with Gasteiger partial charge in [0.15, 0.2) is 5.78 Å². The van der Waals surface area contributed by atoms with Gasteiger partial charge in [0.25, 0.3) is 0 Å². The van der Waals surface area contributed by atoms with Gasteiger partial charge in [-0.3, -0.25) is 4.79 Å². The summed E-state index contributed by atoms with van der Waals surface area (Å²) < 4.78 is 13.9. The van der Waals surface area contributed by atoms with Crippen LogP contribution in [0.4, 0.5) is 0 Å². The van der Waals surface area contributed by atoms with Gasteiger partial charge >= 0.3 is 0 Å². The highest BCUT2D eigenvalue weighted by Gasteiger charge is 2.16. The molecule has 4 aromatic rings. The standard InChI is InChI=1S/C28H30N2O4/c1-4-26(32)21-12-14-23(15-13-21)33-17-22(31)16-30-25-11-6-5-10-24(25)29-27(30)18-34-28-19(2)8-7-9-20(28)3/h5-15,22,31H,4,16-18H2,1-3H3. The van der Waals surface area contributed by atoms with Crippen LogP contribution in [0.25, 0.3) is 11.0 Å². The summed E-state index contributed by atoms with van der Waals surface area (Å²) >= 11 is 0. The van der Waals surface area contributed by atoms with E-state index in [2.05, 4.69) is 0 Å². The molecule has 6 heteroatoms. The van der Waals surface area contributed by atoms with Gasteiger partial charge in [-0.25, -0.2) is 4.98 Å². The van der Waals surface area contributed by atoms with Gasteiger partial charge in [0.05, 0.1) is 17.6 Å². The zero-order valence-corrected chi connectivity index (χ0v) is 19.8. The maximum absolute atomic E-state index is 11.8. The van der Waals surface area contributed by atoms with Crippen molar-refractivity contribution in [1.82, 2.24) is 9.55 Å². The fourth-order valence-electron chi connectivity index (χ4n) is 4.00. The number of nitrogens with zero attached hydrogens (tertiary/aromatic N) is 2. The highest BCUT2D eigenvalue weighted by Crippen LogP contribution is 2.25. The number of hydrogen-bond acceptors (Lipinski definition) is 5. The molecule has 1 aromatic heterocycles. The Morgan fingerprint density at radius 1 is 0.971 bits per heavy atom. The smallest absolute Gasteiger partial charge is 0.162 e. The maximum atomic E-state index is 11.8. The summed E-state index contributed by atoms with van der Waals surface area (Å²) in [5, 5.41) is 10.8. The molecule has 0 aliphatic heterocycles. The van der Waals surface area contributed by atoms with Crippen molar-refractivity contribution in [3.8, 4) is 11.5 Å². The number of aliphatic hydroxyl groups excluding tert-OH is 1. The lowest BCUT2D eigenvalue weighted by atomic mass is 10.1. The predicted molar refractivity (Wildman–Crippen MR) is 133 cm³/mol. The van der Waals surface area contributed by atoms with E-state index >= 15 is 0 Å². The number of aliphatic hydroxyl groups is 1. The first kappa shape index (κ1) is 23.5. The molecule has 0 aliphatic carbocycles. The molecule has 1 N–H and O–H groups in total. The molecule has 0 amide bonds. The molecule has 1 unspecified atom stereocenters. The van der Waals surface area contributed by atoms with E-state index in [4.69, 9.17) is 14.5 Å². The lowest BCUT2D eigenvalue weighted by molar-refractivity contribution is 0.0916. The van der Waals surface area contributed by atoms with E-state index in [1.54, 1.807) is 24.3 Å². The van der Waals surface area contributed by atoms with Gasteiger partial charge in [-0.05, 0) is 61.4 Å². The fourth-order valence-corrected chi connectivity index (χ4v) is 4.00. The Bertz CT molecular complexity index is 1260. The lowest BCUT2D eigenvalue weighted by Crippen LogP contribution is -2.25. The molecule has 0 fully saturated rings. The summed E-state index contributed by atoms with van der Waals surface area (Å²) in [7, 11) is 0. The molecule has 0 aliphatic rings. The number of fused-ring (bicyclic) bond motifs is 1. The molecule has 3 aromatic carbocycles. The molecule has 176 valence electrons. The van der Waals surface area contributed by atoms with Gasteiger partial charge < -0.3 is 19.1 Å². The molecule has 0 radical (unpaired) electrons. The number of hydrogen-bond donors (Lipinski definition) is 1. The van der Waals surface area contributed by atoms with Gasteiger partial charge in [0.1, 0.15) is 36.6 Å². The lowest BCUT2D eigenvalue weighted by Gasteiger charge is -2.17. The van der Waals surface area contributed by atoms with Crippen molar-refractivity contribution in [2.24, 2.45) is 0 Å². The topological polar surface area (TPSA) is 73.6 Å². The Morgan fingerprint density at radius 2 is 1.68 bits per heavy atom. The van der Waals surface area contributed by atoms with Crippen LogP contribution in [0.15, 0.2) is 66.7 Å². The van der Waals surface area contributed by atoms with E-state index in [9.17, 15) is 9.90 Å². The minimum Gasteiger partial charge on any atom is -0.491 e. The van der Waals surface area contributed by atoms with Crippen LogP contribution < -0.4 is 9.47 Å². The van der Waals surface area contributed by atoms with Crippen LogP contribution in [-0.2, 0) is 13.2 Å². The van der Waals surface area contributed by atoms with Gasteiger partial charge in [-0.2, -0.15) is 0 Å².